The summed E-state index contributed by atoms with van der Waals surface area (Å²) in [6.07, 6.45) is -5.19. The van der Waals surface area contributed by atoms with E-state index in [0.29, 0.717) is 22.2 Å². The van der Waals surface area contributed by atoms with Crippen molar-refractivity contribution in [3.63, 3.8) is 0 Å². The van der Waals surface area contributed by atoms with Gasteiger partial charge in [-0.2, -0.15) is 13.2 Å². The SMILES string of the molecule is COC(=O)N[C@H](CNc1cncc(F)c1CC[C@@H]1CN(C(=O)OC(C)(C)C)[C@H](COC(=O)NCC(F)(F)F)CO1)[C@@H](c1ccc(Cl)cc1)c1ccc2c(c1)OCO2. The van der Waals surface area contributed by atoms with Gasteiger partial charge in [0.2, 0.25) is 6.79 Å². The Morgan fingerprint density at radius 1 is 1.02 bits per heavy atom. The van der Waals surface area contributed by atoms with Gasteiger partial charge in [0.15, 0.2) is 11.5 Å². The van der Waals surface area contributed by atoms with Gasteiger partial charge in [0.05, 0.1) is 56.5 Å². The Labute approximate surface area is 331 Å². The average molecular weight is 826 g/mol. The standard InChI is InChI=1S/C38H44ClF4N5O9/c1-37(2,3)57-36(51)48-17-26(53-18-25(48)19-54-34(49)46-20-38(41,42)43)10-11-27-28(40)14-44-15-29(27)45-16-30(47-35(50)52-4)33(22-5-8-24(39)9-6-22)23-7-12-31-32(13-23)56-21-55-31/h5-9,12-15,25-26,30,33,45H,10-11,16-21H2,1-4H3,(H,46,49)(H,47,50)/t25-,26+,30+,33-/m0/s1. The van der Waals surface area contributed by atoms with Crippen molar-refractivity contribution in [2.45, 2.75) is 69.5 Å². The van der Waals surface area contributed by atoms with Crippen LogP contribution in [0.2, 0.25) is 5.02 Å². The summed E-state index contributed by atoms with van der Waals surface area (Å²) in [5, 5.41) is 8.29. The lowest BCUT2D eigenvalue weighted by Gasteiger charge is -2.39. The first-order valence-corrected chi connectivity index (χ1v) is 18.3. The quantitative estimate of drug-likeness (QED) is 0.123. The fraction of sp³-hybridized carbons (Fsp3) is 0.474. The zero-order chi connectivity index (χ0) is 41.3. The molecular formula is C38H44ClF4N5O9. The van der Waals surface area contributed by atoms with Crippen molar-refractivity contribution in [3.05, 3.63) is 82.4 Å². The van der Waals surface area contributed by atoms with E-state index in [9.17, 15) is 27.6 Å². The van der Waals surface area contributed by atoms with Gasteiger partial charge in [-0.25, -0.2) is 18.8 Å². The number of nitrogens with one attached hydrogen (secondary N) is 3. The number of ether oxygens (including phenoxy) is 6. The molecule has 310 valence electrons. The van der Waals surface area contributed by atoms with E-state index in [1.807, 2.05) is 24.3 Å². The number of amides is 3. The van der Waals surface area contributed by atoms with E-state index in [4.69, 9.17) is 40.0 Å². The van der Waals surface area contributed by atoms with E-state index in [0.717, 1.165) is 17.3 Å². The number of carbonyl (C=O) groups is 3. The lowest BCUT2D eigenvalue weighted by molar-refractivity contribution is -0.124. The Balaban J connectivity index is 1.32. The van der Waals surface area contributed by atoms with Crippen LogP contribution in [0.25, 0.3) is 0 Å². The smallest absolute Gasteiger partial charge is 0.410 e. The van der Waals surface area contributed by atoms with E-state index < -0.39 is 73.1 Å². The molecule has 14 nitrogen and oxygen atoms in total. The fourth-order valence-electron chi connectivity index (χ4n) is 6.30. The highest BCUT2D eigenvalue weighted by molar-refractivity contribution is 6.30. The molecule has 0 bridgehead atoms. The fourth-order valence-corrected chi connectivity index (χ4v) is 6.43. The van der Waals surface area contributed by atoms with Gasteiger partial charge in [0.25, 0.3) is 0 Å². The van der Waals surface area contributed by atoms with Crippen molar-refractivity contribution in [2.24, 2.45) is 0 Å². The van der Waals surface area contributed by atoms with Crippen LogP contribution in [-0.2, 0) is 25.4 Å². The van der Waals surface area contributed by atoms with E-state index >= 15 is 4.39 Å². The number of alkyl halides is 3. The Morgan fingerprint density at radius 2 is 1.74 bits per heavy atom. The van der Waals surface area contributed by atoms with Crippen LogP contribution >= 0.6 is 11.6 Å². The molecule has 1 saturated heterocycles. The first-order valence-electron chi connectivity index (χ1n) is 17.9. The highest BCUT2D eigenvalue weighted by Gasteiger charge is 2.37. The Morgan fingerprint density at radius 3 is 2.44 bits per heavy atom. The lowest BCUT2D eigenvalue weighted by Crippen LogP contribution is -2.55. The van der Waals surface area contributed by atoms with Crippen LogP contribution in [0.5, 0.6) is 11.5 Å². The molecule has 2 aromatic carbocycles. The second-order valence-corrected chi connectivity index (χ2v) is 14.7. The number of pyridine rings is 1. The van der Waals surface area contributed by atoms with Crippen LogP contribution in [0.1, 0.15) is 49.8 Å². The number of methoxy groups -OCH3 is 1. The zero-order valence-electron chi connectivity index (χ0n) is 31.6. The van der Waals surface area contributed by atoms with Crippen LogP contribution in [0.4, 0.5) is 37.6 Å². The van der Waals surface area contributed by atoms with E-state index in [1.165, 1.54) is 18.2 Å². The van der Waals surface area contributed by atoms with E-state index in [2.05, 4.69) is 15.6 Å². The molecule has 2 aliphatic rings. The summed E-state index contributed by atoms with van der Waals surface area (Å²) in [5.74, 6) is 0.00848. The van der Waals surface area contributed by atoms with Gasteiger partial charge in [-0.05, 0) is 69.0 Å². The minimum absolute atomic E-state index is 0.0496. The van der Waals surface area contributed by atoms with Crippen molar-refractivity contribution in [3.8, 4) is 11.5 Å². The molecule has 3 heterocycles. The monoisotopic (exact) mass is 825 g/mol. The number of fused-ring (bicyclic) bond motifs is 1. The van der Waals surface area contributed by atoms with Crippen LogP contribution in [0, 0.1) is 5.82 Å². The maximum Gasteiger partial charge on any atom is 0.410 e. The first kappa shape index (κ1) is 42.9. The zero-order valence-corrected chi connectivity index (χ0v) is 32.4. The number of morpholine rings is 1. The summed E-state index contributed by atoms with van der Waals surface area (Å²) in [6.45, 7) is 2.88. The molecule has 19 heteroatoms. The molecule has 5 rings (SSSR count). The Hall–Kier alpha value is -5.23. The largest absolute Gasteiger partial charge is 0.454 e. The number of hydrogen-bond acceptors (Lipinski definition) is 11. The topological polar surface area (TPSA) is 159 Å². The summed E-state index contributed by atoms with van der Waals surface area (Å²) >= 11 is 6.22. The third kappa shape index (κ3) is 12.4. The number of alkyl carbamates (subject to hydrolysis) is 2. The Bertz CT molecular complexity index is 1870. The van der Waals surface area contributed by atoms with E-state index in [1.54, 1.807) is 44.3 Å². The second kappa shape index (κ2) is 18.8. The van der Waals surface area contributed by atoms with Gasteiger partial charge in [-0.15, -0.1) is 0 Å². The predicted molar refractivity (Wildman–Crippen MR) is 198 cm³/mol. The summed E-state index contributed by atoms with van der Waals surface area (Å²) in [5.41, 5.74) is 1.28. The maximum atomic E-state index is 15.5. The average Bonchev–Trinajstić information content (AvgIpc) is 3.63. The number of aromatic nitrogens is 1. The Kier molecular flexibility index (Phi) is 14.2. The molecular weight excluding hydrogens is 782 g/mol. The molecule has 0 unspecified atom stereocenters. The minimum atomic E-state index is -4.64. The molecule has 3 N–H and O–H groups in total. The summed E-state index contributed by atoms with van der Waals surface area (Å²) in [7, 11) is 1.24. The number of benzene rings is 2. The van der Waals surface area contributed by atoms with Gasteiger partial charge < -0.3 is 44.4 Å². The maximum absolute atomic E-state index is 15.5. The van der Waals surface area contributed by atoms with Crippen molar-refractivity contribution >= 4 is 35.6 Å². The number of anilines is 1. The van der Waals surface area contributed by atoms with Gasteiger partial charge in [-0.1, -0.05) is 29.8 Å². The molecule has 4 atom stereocenters. The van der Waals surface area contributed by atoms with Crippen molar-refractivity contribution in [2.75, 3.05) is 52.1 Å². The third-order valence-corrected chi connectivity index (χ3v) is 9.19. The van der Waals surface area contributed by atoms with Crippen molar-refractivity contribution in [1.29, 1.82) is 0 Å². The molecule has 0 saturated carbocycles. The van der Waals surface area contributed by atoms with E-state index in [-0.39, 0.29) is 44.9 Å². The summed E-state index contributed by atoms with van der Waals surface area (Å²) < 4.78 is 85.8. The van der Waals surface area contributed by atoms with Crippen LogP contribution in [-0.4, -0.2) is 105 Å². The molecule has 0 aliphatic carbocycles. The van der Waals surface area contributed by atoms with Crippen molar-refractivity contribution in [1.82, 2.24) is 20.5 Å². The van der Waals surface area contributed by atoms with Gasteiger partial charge in [0, 0.05) is 23.0 Å². The van der Waals surface area contributed by atoms with Gasteiger partial charge >= 0.3 is 24.5 Å². The highest BCUT2D eigenvalue weighted by atomic mass is 35.5. The number of hydrogen-bond donors (Lipinski definition) is 3. The first-order chi connectivity index (χ1) is 27.0. The molecule has 3 aromatic rings. The van der Waals surface area contributed by atoms with Crippen LogP contribution in [0.15, 0.2) is 54.9 Å². The molecule has 0 radical (unpaired) electrons. The number of nitrogens with zero attached hydrogens (tertiary/aromatic N) is 2. The number of halogens is 5. The third-order valence-electron chi connectivity index (χ3n) is 8.94. The van der Waals surface area contributed by atoms with Crippen molar-refractivity contribution < 1.29 is 60.4 Å². The molecule has 57 heavy (non-hydrogen) atoms. The second-order valence-electron chi connectivity index (χ2n) is 14.3. The molecule has 0 spiro atoms. The highest BCUT2D eigenvalue weighted by Crippen LogP contribution is 2.38. The number of rotatable bonds is 13. The normalized spacial score (nSPS) is 17.6. The molecule has 3 amide bonds. The minimum Gasteiger partial charge on any atom is -0.454 e. The molecule has 1 aromatic heterocycles. The van der Waals surface area contributed by atoms with Gasteiger partial charge in [0.1, 0.15) is 24.6 Å². The number of carbonyl (C=O) groups excluding carboxylic acids is 3. The molecule has 1 fully saturated rings. The predicted octanol–water partition coefficient (Wildman–Crippen LogP) is 6.80. The summed E-state index contributed by atoms with van der Waals surface area (Å²) in [6, 6.07) is 11.0. The van der Waals surface area contributed by atoms with Crippen LogP contribution in [0.3, 0.4) is 0 Å². The summed E-state index contributed by atoms with van der Waals surface area (Å²) in [4.78, 5) is 43.2. The van der Waals surface area contributed by atoms with Gasteiger partial charge in [-0.3, -0.25) is 9.88 Å². The van der Waals surface area contributed by atoms with Crippen LogP contribution < -0.4 is 25.4 Å². The molecule has 2 aliphatic heterocycles. The lowest BCUT2D eigenvalue weighted by atomic mass is 9.84.